The van der Waals surface area contributed by atoms with Crippen molar-refractivity contribution in [1.82, 2.24) is 15.1 Å². The van der Waals surface area contributed by atoms with Crippen molar-refractivity contribution >= 4 is 11.9 Å². The Morgan fingerprint density at radius 3 is 2.52 bits per heavy atom. The molecule has 120 valence electrons. The van der Waals surface area contributed by atoms with Gasteiger partial charge in [-0.3, -0.25) is 9.48 Å². The van der Waals surface area contributed by atoms with Crippen LogP contribution in [0.2, 0.25) is 0 Å². The van der Waals surface area contributed by atoms with Crippen LogP contribution in [0.4, 0.5) is 0 Å². The molecule has 6 heteroatoms. The van der Waals surface area contributed by atoms with Crippen molar-refractivity contribution in [3.05, 3.63) is 53.3 Å². The highest BCUT2D eigenvalue weighted by Crippen LogP contribution is 2.28. The average Bonchev–Trinajstić information content (AvgIpc) is 3.23. The number of amides is 1. The Hall–Kier alpha value is -2.63. The smallest absolute Gasteiger partial charge is 0.335 e. The second-order valence-electron chi connectivity index (χ2n) is 5.80. The molecular formula is C17H19N3O3. The van der Waals surface area contributed by atoms with Gasteiger partial charge < -0.3 is 10.4 Å². The summed E-state index contributed by atoms with van der Waals surface area (Å²) in [7, 11) is 0. The third-order valence-corrected chi connectivity index (χ3v) is 4.19. The average molecular weight is 313 g/mol. The van der Waals surface area contributed by atoms with Gasteiger partial charge in [0.1, 0.15) is 5.69 Å². The van der Waals surface area contributed by atoms with Crippen LogP contribution in [0.1, 0.15) is 58.1 Å². The van der Waals surface area contributed by atoms with Gasteiger partial charge in [-0.1, -0.05) is 25.0 Å². The number of carboxylic acids is 1. The molecule has 0 saturated heterocycles. The first-order valence-corrected chi connectivity index (χ1v) is 7.79. The molecule has 2 aromatic rings. The summed E-state index contributed by atoms with van der Waals surface area (Å²) in [6, 6.07) is 8.60. The highest BCUT2D eigenvalue weighted by Gasteiger charge is 2.19. The summed E-state index contributed by atoms with van der Waals surface area (Å²) in [4.78, 5) is 22.9. The number of nitrogens with one attached hydrogen (secondary N) is 1. The van der Waals surface area contributed by atoms with Gasteiger partial charge in [-0.25, -0.2) is 4.79 Å². The van der Waals surface area contributed by atoms with E-state index in [4.69, 9.17) is 5.11 Å². The van der Waals surface area contributed by atoms with Gasteiger partial charge in [-0.15, -0.1) is 0 Å². The Bertz CT molecular complexity index is 700. The predicted molar refractivity (Wildman–Crippen MR) is 84.3 cm³/mol. The summed E-state index contributed by atoms with van der Waals surface area (Å²) < 4.78 is 1.89. The van der Waals surface area contributed by atoms with E-state index in [2.05, 4.69) is 10.4 Å². The Morgan fingerprint density at radius 2 is 1.87 bits per heavy atom. The molecule has 1 heterocycles. The molecule has 0 unspecified atom stereocenters. The van der Waals surface area contributed by atoms with Gasteiger partial charge in [0.2, 0.25) is 0 Å². The van der Waals surface area contributed by atoms with Gasteiger partial charge in [0.15, 0.2) is 0 Å². The quantitative estimate of drug-likeness (QED) is 0.888. The van der Waals surface area contributed by atoms with E-state index in [1.165, 1.54) is 25.0 Å². The minimum atomic E-state index is -0.960. The highest BCUT2D eigenvalue weighted by molar-refractivity contribution is 5.92. The maximum Gasteiger partial charge on any atom is 0.335 e. The first-order valence-electron chi connectivity index (χ1n) is 7.79. The SMILES string of the molecule is O=C(O)c1ccc(CNC(=O)c2ccn(C3CCCC3)n2)cc1. The Balaban J connectivity index is 1.57. The van der Waals surface area contributed by atoms with Crippen LogP contribution in [0.3, 0.4) is 0 Å². The third-order valence-electron chi connectivity index (χ3n) is 4.19. The lowest BCUT2D eigenvalue weighted by Crippen LogP contribution is -2.23. The second-order valence-corrected chi connectivity index (χ2v) is 5.80. The summed E-state index contributed by atoms with van der Waals surface area (Å²) in [6.45, 7) is 0.342. The molecule has 23 heavy (non-hydrogen) atoms. The van der Waals surface area contributed by atoms with Crippen molar-refractivity contribution < 1.29 is 14.7 Å². The van der Waals surface area contributed by atoms with Gasteiger partial charge in [0, 0.05) is 12.7 Å². The fraction of sp³-hybridized carbons (Fsp3) is 0.353. The number of nitrogens with zero attached hydrogens (tertiary/aromatic N) is 2. The lowest BCUT2D eigenvalue weighted by atomic mass is 10.1. The van der Waals surface area contributed by atoms with Gasteiger partial charge in [-0.05, 0) is 36.6 Å². The first kappa shape index (κ1) is 15.3. The van der Waals surface area contributed by atoms with Crippen LogP contribution in [0.15, 0.2) is 36.5 Å². The predicted octanol–water partition coefficient (Wildman–Crippen LogP) is 2.63. The second kappa shape index (κ2) is 6.64. The number of carbonyl (C=O) groups excluding carboxylic acids is 1. The van der Waals surface area contributed by atoms with Gasteiger partial charge in [0.25, 0.3) is 5.91 Å². The minimum Gasteiger partial charge on any atom is -0.478 e. The zero-order valence-corrected chi connectivity index (χ0v) is 12.7. The molecule has 1 saturated carbocycles. The number of aromatic carboxylic acids is 1. The fourth-order valence-electron chi connectivity index (χ4n) is 2.87. The molecule has 2 N–H and O–H groups in total. The number of rotatable bonds is 5. The number of carboxylic acid groups (broad SMARTS) is 1. The van der Waals surface area contributed by atoms with Crippen LogP contribution < -0.4 is 5.32 Å². The molecule has 6 nitrogen and oxygen atoms in total. The summed E-state index contributed by atoms with van der Waals surface area (Å²) in [5.41, 5.74) is 1.49. The molecule has 1 fully saturated rings. The maximum atomic E-state index is 12.1. The summed E-state index contributed by atoms with van der Waals surface area (Å²) >= 11 is 0. The van der Waals surface area contributed by atoms with Crippen molar-refractivity contribution in [3.8, 4) is 0 Å². The number of aromatic nitrogens is 2. The van der Waals surface area contributed by atoms with Gasteiger partial charge in [0.05, 0.1) is 11.6 Å². The van der Waals surface area contributed by atoms with Crippen LogP contribution >= 0.6 is 0 Å². The molecule has 0 atom stereocenters. The maximum absolute atomic E-state index is 12.1. The van der Waals surface area contributed by atoms with Crippen LogP contribution in [0, 0.1) is 0 Å². The molecule has 1 aromatic carbocycles. The molecule has 1 amide bonds. The van der Waals surface area contributed by atoms with Crippen molar-refractivity contribution in [2.24, 2.45) is 0 Å². The van der Waals surface area contributed by atoms with E-state index in [-0.39, 0.29) is 11.5 Å². The zero-order valence-electron chi connectivity index (χ0n) is 12.7. The van der Waals surface area contributed by atoms with E-state index >= 15 is 0 Å². The lowest BCUT2D eigenvalue weighted by Gasteiger charge is -2.09. The first-order chi connectivity index (χ1) is 11.1. The minimum absolute atomic E-state index is 0.218. The number of benzene rings is 1. The third kappa shape index (κ3) is 3.59. The monoisotopic (exact) mass is 313 g/mol. The number of hydrogen-bond donors (Lipinski definition) is 2. The Labute approximate surface area is 134 Å². The Kier molecular flexibility index (Phi) is 4.41. The van der Waals surface area contributed by atoms with E-state index < -0.39 is 5.97 Å². The largest absolute Gasteiger partial charge is 0.478 e. The zero-order chi connectivity index (χ0) is 16.2. The molecule has 1 aliphatic carbocycles. The summed E-state index contributed by atoms with van der Waals surface area (Å²) in [5.74, 6) is -1.18. The van der Waals surface area contributed by atoms with Crippen LogP contribution in [0.25, 0.3) is 0 Å². The molecule has 0 radical (unpaired) electrons. The normalized spacial score (nSPS) is 14.8. The molecule has 3 rings (SSSR count). The van der Waals surface area contributed by atoms with Crippen molar-refractivity contribution in [2.75, 3.05) is 0 Å². The molecule has 0 aliphatic heterocycles. The molecule has 1 aliphatic rings. The van der Waals surface area contributed by atoms with Gasteiger partial charge in [-0.2, -0.15) is 5.10 Å². The highest BCUT2D eigenvalue weighted by atomic mass is 16.4. The number of hydrogen-bond acceptors (Lipinski definition) is 3. The van der Waals surface area contributed by atoms with Crippen molar-refractivity contribution in [3.63, 3.8) is 0 Å². The Morgan fingerprint density at radius 1 is 1.17 bits per heavy atom. The van der Waals surface area contributed by atoms with E-state index in [9.17, 15) is 9.59 Å². The lowest BCUT2D eigenvalue weighted by molar-refractivity contribution is 0.0696. The molecule has 0 bridgehead atoms. The van der Waals surface area contributed by atoms with Crippen LogP contribution in [-0.4, -0.2) is 26.8 Å². The molecule has 1 aromatic heterocycles. The molecular weight excluding hydrogens is 294 g/mol. The van der Waals surface area contributed by atoms with Crippen molar-refractivity contribution in [2.45, 2.75) is 38.3 Å². The van der Waals surface area contributed by atoms with Crippen LogP contribution in [-0.2, 0) is 6.54 Å². The van der Waals surface area contributed by atoms with E-state index in [1.807, 2.05) is 10.9 Å². The van der Waals surface area contributed by atoms with E-state index in [0.29, 0.717) is 18.3 Å². The number of carbonyl (C=O) groups is 2. The summed E-state index contributed by atoms with van der Waals surface area (Å²) in [5, 5.41) is 16.0. The van der Waals surface area contributed by atoms with Crippen molar-refractivity contribution in [1.29, 1.82) is 0 Å². The molecule has 0 spiro atoms. The van der Waals surface area contributed by atoms with Gasteiger partial charge >= 0.3 is 5.97 Å². The topological polar surface area (TPSA) is 84.2 Å². The van der Waals surface area contributed by atoms with E-state index in [0.717, 1.165) is 18.4 Å². The van der Waals surface area contributed by atoms with E-state index in [1.54, 1.807) is 18.2 Å². The standard InChI is InChI=1S/C17H19N3O3/c21-16(15-9-10-20(19-15)14-3-1-2-4-14)18-11-12-5-7-13(8-6-12)17(22)23/h5-10,14H,1-4,11H2,(H,18,21)(H,22,23). The summed E-state index contributed by atoms with van der Waals surface area (Å²) in [6.07, 6.45) is 6.56. The van der Waals surface area contributed by atoms with Crippen LogP contribution in [0.5, 0.6) is 0 Å². The fourth-order valence-corrected chi connectivity index (χ4v) is 2.87.